The van der Waals surface area contributed by atoms with Crippen molar-refractivity contribution in [1.29, 1.82) is 0 Å². The molecule has 12 aromatic rings. The molecule has 319 valence electrons. The van der Waals surface area contributed by atoms with Gasteiger partial charge in [0.05, 0.1) is 22.5 Å². The topological polar surface area (TPSA) is 30.7 Å². The summed E-state index contributed by atoms with van der Waals surface area (Å²) in [5, 5.41) is 6.76. The summed E-state index contributed by atoms with van der Waals surface area (Å²) in [6, 6.07) is 71.7. The molecule has 3 heterocycles. The first-order chi connectivity index (χ1) is 34.7. The van der Waals surface area contributed by atoms with E-state index < -0.39 is 33.9 Å². The van der Waals surface area contributed by atoms with E-state index in [9.17, 15) is 0 Å². The molecule has 12 rings (SSSR count). The number of hydrogen-bond donors (Lipinski definition) is 0. The minimum absolute atomic E-state index is 0. The van der Waals surface area contributed by atoms with Gasteiger partial charge in [0, 0.05) is 43.9 Å². The van der Waals surface area contributed by atoms with E-state index in [1.54, 1.807) is 23.5 Å². The van der Waals surface area contributed by atoms with E-state index in [0.717, 1.165) is 86.5 Å². The van der Waals surface area contributed by atoms with Crippen LogP contribution in [0.3, 0.4) is 0 Å². The molecule has 0 atom stereocenters. The molecule has 0 aliphatic carbocycles. The molecule has 0 N–H and O–H groups in total. The van der Waals surface area contributed by atoms with Crippen molar-refractivity contribution < 1.29 is 29.7 Å². The summed E-state index contributed by atoms with van der Waals surface area (Å²) in [5.41, 5.74) is 7.29. The maximum Gasteiger partial charge on any atom is 0 e. The Labute approximate surface area is 419 Å². The standard InChI is InChI=1S/C46H29N2S.C14H14GeN.Ir/c1-3-12-30(13-4-1)28-31-22-25-38-39-20-11-21-40(45(39)49-42(38)29-31)46-47-43-35-18-9-7-16-33(35)24-27-41(43)48(46)44-36-19-10-8-17-34(36)23-26-37(44)32-14-5-2-6-15-32;1-3-11-9-14(16-10-13(11)15-2)12-7-5-4-6-8-12;/h1-20,22-27,29H,28H2;4-7,9-10H,3H2,1-2H3;/q2*-1;/i28D2;2D3,3D2;. The second-order valence-electron chi connectivity index (χ2n) is 15.6. The van der Waals surface area contributed by atoms with Crippen molar-refractivity contribution in [3.8, 4) is 39.5 Å². The van der Waals surface area contributed by atoms with Crippen LogP contribution in [0.2, 0.25) is 5.68 Å². The van der Waals surface area contributed by atoms with Gasteiger partial charge in [-0.2, -0.15) is 11.3 Å². The Kier molecular flexibility index (Phi) is 10.4. The van der Waals surface area contributed by atoms with Crippen molar-refractivity contribution in [2.45, 2.75) is 25.4 Å². The van der Waals surface area contributed by atoms with Gasteiger partial charge in [-0.25, -0.2) is 0 Å². The van der Waals surface area contributed by atoms with Crippen LogP contribution in [-0.2, 0) is 32.9 Å². The Morgan fingerprint density at radius 2 is 1.41 bits per heavy atom. The molecule has 0 unspecified atom stereocenters. The molecule has 0 saturated carbocycles. The maximum atomic E-state index is 9.05. The molecule has 3 aromatic heterocycles. The number of aromatic nitrogens is 3. The van der Waals surface area contributed by atoms with Crippen LogP contribution in [0.5, 0.6) is 0 Å². The number of hydrogen-bond acceptors (Lipinski definition) is 3. The number of imidazole rings is 1. The second kappa shape index (κ2) is 19.2. The Bertz CT molecular complexity index is 3970. The molecule has 0 bridgehead atoms. The van der Waals surface area contributed by atoms with Gasteiger partial charge in [0.1, 0.15) is 0 Å². The third-order valence-electron chi connectivity index (χ3n) is 11.8. The van der Waals surface area contributed by atoms with Crippen LogP contribution >= 0.6 is 11.3 Å². The number of pyridine rings is 1. The van der Waals surface area contributed by atoms with Gasteiger partial charge < -0.3 is 4.57 Å². The quantitative estimate of drug-likeness (QED) is 0.112. The van der Waals surface area contributed by atoms with Crippen LogP contribution in [0.25, 0.3) is 92.2 Å². The third-order valence-corrected chi connectivity index (χ3v) is 14.4. The van der Waals surface area contributed by atoms with E-state index in [1.807, 2.05) is 66.7 Å². The van der Waals surface area contributed by atoms with Crippen LogP contribution in [-0.4, -0.2) is 30.0 Å². The largest absolute Gasteiger partial charge is 0 e. The minimum Gasteiger partial charge on any atom is 0 e. The van der Waals surface area contributed by atoms with Gasteiger partial charge in [-0.05, 0) is 56.1 Å². The van der Waals surface area contributed by atoms with Crippen LogP contribution in [0, 0.1) is 12.1 Å². The monoisotopic (exact) mass is 1110 g/mol. The van der Waals surface area contributed by atoms with Gasteiger partial charge in [0.15, 0.2) is 0 Å². The second-order valence-corrected chi connectivity index (χ2v) is 18.3. The molecule has 0 spiro atoms. The van der Waals surface area contributed by atoms with E-state index in [-0.39, 0.29) is 20.1 Å². The smallest absolute Gasteiger partial charge is 0 e. The fourth-order valence-corrected chi connectivity index (χ4v) is 10.9. The molecular formula is C60H43GeIrN3S-2. The summed E-state index contributed by atoms with van der Waals surface area (Å²) in [7, 11) is 0. The molecule has 0 aliphatic rings. The van der Waals surface area contributed by atoms with Crippen LogP contribution in [0.1, 0.15) is 33.2 Å². The summed E-state index contributed by atoms with van der Waals surface area (Å²) >= 11 is 0.228. The van der Waals surface area contributed by atoms with Crippen LogP contribution < -0.4 is 4.40 Å². The van der Waals surface area contributed by atoms with Crippen molar-refractivity contribution in [3.05, 3.63) is 229 Å². The molecule has 0 fully saturated rings. The van der Waals surface area contributed by atoms with Crippen molar-refractivity contribution in [1.82, 2.24) is 14.5 Å². The molecular weight excluding hydrogens is 1060 g/mol. The number of rotatable bonds is 8. The summed E-state index contributed by atoms with van der Waals surface area (Å²) in [5.74, 6) is 0.826. The predicted molar refractivity (Wildman–Crippen MR) is 277 cm³/mol. The average Bonchev–Trinajstić information content (AvgIpc) is 3.97. The molecule has 0 aliphatic heterocycles. The molecule has 0 amide bonds. The summed E-state index contributed by atoms with van der Waals surface area (Å²) < 4.78 is 61.3. The van der Waals surface area contributed by atoms with Gasteiger partial charge in [0.25, 0.3) is 0 Å². The summed E-state index contributed by atoms with van der Waals surface area (Å²) in [6.07, 6.45) is -1.71. The van der Waals surface area contributed by atoms with Gasteiger partial charge in [-0.15, -0.1) is 18.2 Å². The van der Waals surface area contributed by atoms with Crippen molar-refractivity contribution >= 4 is 83.9 Å². The number of aryl methyl sites for hydroxylation is 1. The molecule has 0 saturated heterocycles. The molecule has 6 heteroatoms. The Hall–Kier alpha value is -6.47. The Morgan fingerprint density at radius 3 is 2.20 bits per heavy atom. The fraction of sp³-hybridized carbons (Fsp3) is 0.0667. The van der Waals surface area contributed by atoms with Gasteiger partial charge in [0.2, 0.25) is 0 Å². The van der Waals surface area contributed by atoms with Crippen molar-refractivity contribution in [2.24, 2.45) is 0 Å². The van der Waals surface area contributed by atoms with E-state index in [1.165, 1.54) is 13.1 Å². The Balaban J connectivity index is 0.000000235. The van der Waals surface area contributed by atoms with E-state index in [4.69, 9.17) is 14.6 Å². The Morgan fingerprint density at radius 1 is 0.667 bits per heavy atom. The first-order valence-corrected chi connectivity index (χ1v) is 24.3. The van der Waals surface area contributed by atoms with E-state index in [0.29, 0.717) is 26.8 Å². The zero-order chi connectivity index (χ0) is 49.8. The van der Waals surface area contributed by atoms with Crippen LogP contribution in [0.15, 0.2) is 200 Å². The minimum atomic E-state index is -2.03. The average molecular weight is 1110 g/mol. The molecule has 3 nitrogen and oxygen atoms in total. The van der Waals surface area contributed by atoms with Gasteiger partial charge in [-0.3, -0.25) is 4.98 Å². The first-order valence-electron chi connectivity index (χ1n) is 24.9. The number of nitrogens with zero attached hydrogens (tertiary/aromatic N) is 3. The first kappa shape index (κ1) is 35.8. The van der Waals surface area contributed by atoms with Gasteiger partial charge >= 0.3 is 110 Å². The molecule has 3 radical (unpaired) electrons. The number of thiophene rings is 1. The summed E-state index contributed by atoms with van der Waals surface area (Å²) in [4.78, 5) is 9.81. The van der Waals surface area contributed by atoms with E-state index >= 15 is 0 Å². The number of fused-ring (bicyclic) bond motifs is 7. The zero-order valence-corrected chi connectivity index (χ0v) is 40.9. The van der Waals surface area contributed by atoms with Crippen LogP contribution in [0.4, 0.5) is 0 Å². The summed E-state index contributed by atoms with van der Waals surface area (Å²) in [6.45, 7) is 1.44. The normalized spacial score (nSPS) is 13.4. The molecule has 9 aromatic carbocycles. The van der Waals surface area contributed by atoms with Crippen molar-refractivity contribution in [3.63, 3.8) is 0 Å². The maximum absolute atomic E-state index is 9.05. The third kappa shape index (κ3) is 8.22. The van der Waals surface area contributed by atoms with Crippen molar-refractivity contribution in [2.75, 3.05) is 0 Å². The number of benzene rings is 9. The zero-order valence-electron chi connectivity index (χ0n) is 42.6. The fourth-order valence-electron chi connectivity index (χ4n) is 8.69. The predicted octanol–water partition coefficient (Wildman–Crippen LogP) is 14.9. The van der Waals surface area contributed by atoms with Gasteiger partial charge in [-0.1, -0.05) is 150 Å². The SMILES string of the molecule is [2H]C([2H])(c1ccccc1)c1ccc2c(c1)sc1c(-c3nc4c5ccccc5ccc4n3-c3c(-c4ccccc4)ccc4ccccc34)[c-]ccc12.[2H][C]([2H])([2H])[Ge][c]1cnc(-c2[c-]cccc2)cc1C([2H])([2H])C.[Ir]. The van der Waals surface area contributed by atoms with E-state index in [2.05, 4.69) is 137 Å². The molecule has 66 heavy (non-hydrogen) atoms.